The van der Waals surface area contributed by atoms with Crippen molar-refractivity contribution < 1.29 is 19.5 Å². The molecule has 1 aromatic carbocycles. The second-order valence-electron chi connectivity index (χ2n) is 5.10. The van der Waals surface area contributed by atoms with Crippen LogP contribution in [0.3, 0.4) is 0 Å². The molecule has 0 aliphatic heterocycles. The first-order chi connectivity index (χ1) is 9.42. The maximum atomic E-state index is 12.1. The Morgan fingerprint density at radius 1 is 1.15 bits per heavy atom. The second-order valence-corrected chi connectivity index (χ2v) is 5.10. The van der Waals surface area contributed by atoms with E-state index in [2.05, 4.69) is 5.32 Å². The average molecular weight is 276 g/mol. The smallest absolute Gasteiger partial charge is 0.305 e. The summed E-state index contributed by atoms with van der Waals surface area (Å²) in [5.41, 5.74) is 5.19. The Labute approximate surface area is 116 Å². The van der Waals surface area contributed by atoms with Gasteiger partial charge in [-0.05, 0) is 43.5 Å². The van der Waals surface area contributed by atoms with Crippen LogP contribution in [0, 0.1) is 0 Å². The molecule has 0 saturated heterocycles. The molecular weight excluding hydrogens is 260 g/mol. The van der Waals surface area contributed by atoms with Crippen LogP contribution in [0.25, 0.3) is 0 Å². The standard InChI is InChI=1S/C14H16N2O4/c15-12(19)9-2-4-10(5-3-9)13(20)16-14(6-1-7-14)8-11(17)18/h2-5H,1,6-8H2,(H2,15,19)(H,16,20)(H,17,18). The Morgan fingerprint density at radius 2 is 1.70 bits per heavy atom. The number of rotatable bonds is 5. The zero-order chi connectivity index (χ0) is 14.8. The van der Waals surface area contributed by atoms with E-state index in [4.69, 9.17) is 10.8 Å². The van der Waals surface area contributed by atoms with Crippen molar-refractivity contribution in [1.29, 1.82) is 0 Å². The number of carboxylic acid groups (broad SMARTS) is 1. The number of aliphatic carboxylic acids is 1. The van der Waals surface area contributed by atoms with Gasteiger partial charge in [-0.15, -0.1) is 0 Å². The van der Waals surface area contributed by atoms with Gasteiger partial charge in [-0.25, -0.2) is 0 Å². The van der Waals surface area contributed by atoms with E-state index >= 15 is 0 Å². The van der Waals surface area contributed by atoms with Gasteiger partial charge in [0.05, 0.1) is 12.0 Å². The highest BCUT2D eigenvalue weighted by Crippen LogP contribution is 2.35. The van der Waals surface area contributed by atoms with E-state index < -0.39 is 17.4 Å². The van der Waals surface area contributed by atoms with Gasteiger partial charge in [0.1, 0.15) is 0 Å². The van der Waals surface area contributed by atoms with Crippen molar-refractivity contribution >= 4 is 17.8 Å². The molecule has 6 nitrogen and oxygen atoms in total. The first kappa shape index (κ1) is 14.0. The van der Waals surface area contributed by atoms with E-state index in [1.807, 2.05) is 0 Å². The predicted molar refractivity (Wildman–Crippen MR) is 71.3 cm³/mol. The third-order valence-electron chi connectivity index (χ3n) is 3.61. The van der Waals surface area contributed by atoms with Gasteiger partial charge < -0.3 is 16.2 Å². The van der Waals surface area contributed by atoms with Crippen LogP contribution in [-0.2, 0) is 4.79 Å². The molecule has 0 heterocycles. The van der Waals surface area contributed by atoms with Crippen LogP contribution >= 0.6 is 0 Å². The lowest BCUT2D eigenvalue weighted by Gasteiger charge is -2.41. The van der Waals surface area contributed by atoms with Crippen molar-refractivity contribution in [3.8, 4) is 0 Å². The highest BCUT2D eigenvalue weighted by Gasteiger charge is 2.40. The van der Waals surface area contributed by atoms with Crippen molar-refractivity contribution in [2.45, 2.75) is 31.2 Å². The Hall–Kier alpha value is -2.37. The molecule has 0 radical (unpaired) electrons. The largest absolute Gasteiger partial charge is 0.481 e. The van der Waals surface area contributed by atoms with Gasteiger partial charge in [0.25, 0.3) is 5.91 Å². The Balaban J connectivity index is 2.07. The maximum absolute atomic E-state index is 12.1. The summed E-state index contributed by atoms with van der Waals surface area (Å²) in [6.45, 7) is 0. The third-order valence-corrected chi connectivity index (χ3v) is 3.61. The van der Waals surface area contributed by atoms with E-state index in [1.165, 1.54) is 24.3 Å². The molecule has 1 fully saturated rings. The summed E-state index contributed by atoms with van der Waals surface area (Å²) in [5, 5.41) is 11.7. The van der Waals surface area contributed by atoms with Gasteiger partial charge in [0.2, 0.25) is 5.91 Å². The van der Waals surface area contributed by atoms with Crippen LogP contribution in [0.1, 0.15) is 46.4 Å². The molecule has 1 aliphatic carbocycles. The van der Waals surface area contributed by atoms with Gasteiger partial charge in [-0.3, -0.25) is 14.4 Å². The number of hydrogen-bond acceptors (Lipinski definition) is 3. The number of primary amides is 1. The second kappa shape index (κ2) is 5.32. The minimum atomic E-state index is -0.922. The molecule has 0 bridgehead atoms. The summed E-state index contributed by atoms with van der Waals surface area (Å²) in [6.07, 6.45) is 2.18. The molecule has 0 unspecified atom stereocenters. The van der Waals surface area contributed by atoms with E-state index in [-0.39, 0.29) is 12.3 Å². The molecule has 4 N–H and O–H groups in total. The lowest BCUT2D eigenvalue weighted by Crippen LogP contribution is -2.54. The summed E-state index contributed by atoms with van der Waals surface area (Å²) in [6, 6.07) is 5.95. The first-order valence-electron chi connectivity index (χ1n) is 6.36. The van der Waals surface area contributed by atoms with Crippen molar-refractivity contribution in [2.24, 2.45) is 5.73 Å². The van der Waals surface area contributed by atoms with Gasteiger partial charge in [0, 0.05) is 11.1 Å². The summed E-state index contributed by atoms with van der Waals surface area (Å²) in [4.78, 5) is 33.9. The van der Waals surface area contributed by atoms with E-state index in [0.29, 0.717) is 24.0 Å². The quantitative estimate of drug-likeness (QED) is 0.742. The molecule has 1 saturated carbocycles. The number of hydrogen-bond donors (Lipinski definition) is 3. The molecule has 1 aliphatic rings. The zero-order valence-corrected chi connectivity index (χ0v) is 10.9. The van der Waals surface area contributed by atoms with Crippen LogP contribution in [-0.4, -0.2) is 28.4 Å². The van der Waals surface area contributed by atoms with E-state index in [9.17, 15) is 14.4 Å². The summed E-state index contributed by atoms with van der Waals surface area (Å²) in [5.74, 6) is -1.81. The Kier molecular flexibility index (Phi) is 3.74. The van der Waals surface area contributed by atoms with Gasteiger partial charge in [0.15, 0.2) is 0 Å². The van der Waals surface area contributed by atoms with Crippen molar-refractivity contribution in [3.63, 3.8) is 0 Å². The molecule has 1 aromatic rings. The molecule has 2 rings (SSSR count). The summed E-state index contributed by atoms with van der Waals surface area (Å²) in [7, 11) is 0. The van der Waals surface area contributed by atoms with Crippen LogP contribution in [0.4, 0.5) is 0 Å². The average Bonchev–Trinajstić information content (AvgIpc) is 2.35. The van der Waals surface area contributed by atoms with Crippen molar-refractivity contribution in [1.82, 2.24) is 5.32 Å². The normalized spacial score (nSPS) is 16.0. The fourth-order valence-electron chi connectivity index (χ4n) is 2.34. The highest BCUT2D eigenvalue weighted by molar-refractivity contribution is 5.97. The number of nitrogens with two attached hydrogens (primary N) is 1. The lowest BCUT2D eigenvalue weighted by molar-refractivity contribution is -0.139. The van der Waals surface area contributed by atoms with Crippen molar-refractivity contribution in [3.05, 3.63) is 35.4 Å². The van der Waals surface area contributed by atoms with E-state index in [0.717, 1.165) is 6.42 Å². The third kappa shape index (κ3) is 2.96. The number of carbonyl (C=O) groups excluding carboxylic acids is 2. The predicted octanol–water partition coefficient (Wildman–Crippen LogP) is 0.913. The molecule has 0 atom stereocenters. The minimum absolute atomic E-state index is 0.0713. The SMILES string of the molecule is NC(=O)c1ccc(C(=O)NC2(CC(=O)O)CCC2)cc1. The van der Waals surface area contributed by atoms with Gasteiger partial charge >= 0.3 is 5.97 Å². The number of amides is 2. The molecule has 106 valence electrons. The zero-order valence-electron chi connectivity index (χ0n) is 10.9. The fourth-order valence-corrected chi connectivity index (χ4v) is 2.34. The maximum Gasteiger partial charge on any atom is 0.305 e. The highest BCUT2D eigenvalue weighted by atomic mass is 16.4. The molecule has 0 aromatic heterocycles. The molecule has 2 amide bonds. The minimum Gasteiger partial charge on any atom is -0.481 e. The fraction of sp³-hybridized carbons (Fsp3) is 0.357. The van der Waals surface area contributed by atoms with Crippen molar-refractivity contribution in [2.75, 3.05) is 0 Å². The lowest BCUT2D eigenvalue weighted by atomic mass is 9.74. The summed E-state index contributed by atoms with van der Waals surface area (Å²) < 4.78 is 0. The van der Waals surface area contributed by atoms with Crippen LogP contribution in [0.2, 0.25) is 0 Å². The summed E-state index contributed by atoms with van der Waals surface area (Å²) >= 11 is 0. The molecule has 20 heavy (non-hydrogen) atoms. The number of nitrogens with one attached hydrogen (secondary N) is 1. The number of carboxylic acids is 1. The topological polar surface area (TPSA) is 109 Å². The first-order valence-corrected chi connectivity index (χ1v) is 6.36. The molecule has 0 spiro atoms. The molecular formula is C14H16N2O4. The molecule has 6 heteroatoms. The van der Waals surface area contributed by atoms with E-state index in [1.54, 1.807) is 0 Å². The Bertz CT molecular complexity index is 547. The van der Waals surface area contributed by atoms with Crippen LogP contribution in [0.5, 0.6) is 0 Å². The number of carbonyl (C=O) groups is 3. The van der Waals surface area contributed by atoms with Gasteiger partial charge in [-0.2, -0.15) is 0 Å². The number of benzene rings is 1. The Morgan fingerprint density at radius 3 is 2.10 bits per heavy atom. The van der Waals surface area contributed by atoms with Gasteiger partial charge in [-0.1, -0.05) is 0 Å². The monoisotopic (exact) mass is 276 g/mol. The van der Waals surface area contributed by atoms with Crippen LogP contribution in [0.15, 0.2) is 24.3 Å². The van der Waals surface area contributed by atoms with Crippen LogP contribution < -0.4 is 11.1 Å².